The second-order valence-electron chi connectivity index (χ2n) is 7.68. The molecular formula is C24H29N5O3. The van der Waals surface area contributed by atoms with E-state index < -0.39 is 0 Å². The van der Waals surface area contributed by atoms with Crippen LogP contribution in [0.15, 0.2) is 47.8 Å². The zero-order valence-electron chi connectivity index (χ0n) is 18.6. The van der Waals surface area contributed by atoms with Crippen LogP contribution >= 0.6 is 0 Å². The first-order valence-corrected chi connectivity index (χ1v) is 10.8. The Morgan fingerprint density at radius 3 is 2.72 bits per heavy atom. The van der Waals surface area contributed by atoms with Gasteiger partial charge in [-0.2, -0.15) is 5.10 Å². The summed E-state index contributed by atoms with van der Waals surface area (Å²) < 4.78 is 17.0. The molecule has 32 heavy (non-hydrogen) atoms. The summed E-state index contributed by atoms with van der Waals surface area (Å²) in [7, 11) is 1.63. The monoisotopic (exact) mass is 435 g/mol. The standard InChI is InChI=1S/C24H29N5O3/c1-18-4-6-19(7-5-18)16-27-28-24-20-14-23(22(30-2)15-21(20)25-17-26-24)32-11-3-8-29-9-12-31-13-10-29/h4-7,14-17H,3,8-13H2,1-2H3,(H,25,26,28). The molecule has 0 atom stereocenters. The fraction of sp³-hybridized carbons (Fsp3) is 0.375. The lowest BCUT2D eigenvalue weighted by atomic mass is 10.2. The molecule has 0 amide bonds. The molecule has 1 aliphatic heterocycles. The van der Waals surface area contributed by atoms with Gasteiger partial charge in [0.25, 0.3) is 0 Å². The van der Waals surface area contributed by atoms with Gasteiger partial charge in [0.15, 0.2) is 17.3 Å². The number of nitrogens with zero attached hydrogens (tertiary/aromatic N) is 4. The predicted octanol–water partition coefficient (Wildman–Crippen LogP) is 3.49. The maximum Gasteiger partial charge on any atom is 0.162 e. The third-order valence-corrected chi connectivity index (χ3v) is 5.36. The molecular weight excluding hydrogens is 406 g/mol. The number of morpholine rings is 1. The third-order valence-electron chi connectivity index (χ3n) is 5.36. The molecule has 2 aromatic carbocycles. The number of benzene rings is 2. The lowest BCUT2D eigenvalue weighted by Gasteiger charge is -2.26. The van der Waals surface area contributed by atoms with Crippen LogP contribution < -0.4 is 14.9 Å². The van der Waals surface area contributed by atoms with Gasteiger partial charge in [-0.1, -0.05) is 29.8 Å². The number of anilines is 1. The normalized spacial score (nSPS) is 14.7. The van der Waals surface area contributed by atoms with Gasteiger partial charge in [0.2, 0.25) is 0 Å². The quantitative estimate of drug-likeness (QED) is 0.313. The molecule has 1 aromatic heterocycles. The number of hydrazone groups is 1. The van der Waals surface area contributed by atoms with Crippen molar-refractivity contribution in [2.75, 3.05) is 52.0 Å². The highest BCUT2D eigenvalue weighted by atomic mass is 16.5. The van der Waals surface area contributed by atoms with Crippen LogP contribution in [0.5, 0.6) is 11.5 Å². The summed E-state index contributed by atoms with van der Waals surface area (Å²) in [5.41, 5.74) is 6.00. The van der Waals surface area contributed by atoms with Gasteiger partial charge >= 0.3 is 0 Å². The number of aromatic nitrogens is 2. The fourth-order valence-corrected chi connectivity index (χ4v) is 3.54. The van der Waals surface area contributed by atoms with E-state index >= 15 is 0 Å². The van der Waals surface area contributed by atoms with Crippen molar-refractivity contribution in [1.29, 1.82) is 0 Å². The molecule has 0 aliphatic carbocycles. The average molecular weight is 436 g/mol. The first-order valence-electron chi connectivity index (χ1n) is 10.8. The molecule has 1 fully saturated rings. The van der Waals surface area contributed by atoms with Crippen molar-refractivity contribution in [3.63, 3.8) is 0 Å². The highest BCUT2D eigenvalue weighted by Crippen LogP contribution is 2.34. The zero-order chi connectivity index (χ0) is 22.2. The first-order chi connectivity index (χ1) is 15.7. The number of methoxy groups -OCH3 is 1. The minimum Gasteiger partial charge on any atom is -0.493 e. The fourth-order valence-electron chi connectivity index (χ4n) is 3.54. The smallest absolute Gasteiger partial charge is 0.162 e. The van der Waals surface area contributed by atoms with Crippen molar-refractivity contribution in [3.8, 4) is 11.5 Å². The number of fused-ring (bicyclic) bond motifs is 1. The largest absolute Gasteiger partial charge is 0.493 e. The van der Waals surface area contributed by atoms with Gasteiger partial charge in [-0.25, -0.2) is 9.97 Å². The van der Waals surface area contributed by atoms with Crippen LogP contribution in [0.25, 0.3) is 10.9 Å². The van der Waals surface area contributed by atoms with Crippen LogP contribution in [0.2, 0.25) is 0 Å². The SMILES string of the molecule is COc1cc2ncnc(NN=Cc3ccc(C)cc3)c2cc1OCCCN1CCOCC1. The van der Waals surface area contributed by atoms with Gasteiger partial charge in [-0.05, 0) is 25.0 Å². The lowest BCUT2D eigenvalue weighted by Crippen LogP contribution is -2.37. The Balaban J connectivity index is 1.44. The van der Waals surface area contributed by atoms with Gasteiger partial charge in [0.1, 0.15) is 6.33 Å². The second kappa shape index (κ2) is 10.9. The van der Waals surface area contributed by atoms with Crippen LogP contribution in [0.4, 0.5) is 5.82 Å². The van der Waals surface area contributed by atoms with Gasteiger partial charge in [-0.15, -0.1) is 0 Å². The topological polar surface area (TPSA) is 81.1 Å². The summed E-state index contributed by atoms with van der Waals surface area (Å²) in [6.07, 6.45) is 4.20. The number of ether oxygens (including phenoxy) is 3. The molecule has 0 spiro atoms. The van der Waals surface area contributed by atoms with Crippen molar-refractivity contribution >= 4 is 22.9 Å². The Labute approximate surface area is 188 Å². The van der Waals surface area contributed by atoms with Gasteiger partial charge < -0.3 is 14.2 Å². The van der Waals surface area contributed by atoms with Crippen LogP contribution in [0.3, 0.4) is 0 Å². The highest BCUT2D eigenvalue weighted by Gasteiger charge is 2.13. The van der Waals surface area contributed by atoms with Crippen LogP contribution in [0.1, 0.15) is 17.5 Å². The van der Waals surface area contributed by atoms with Gasteiger partial charge in [0, 0.05) is 31.1 Å². The van der Waals surface area contributed by atoms with Gasteiger partial charge in [-0.3, -0.25) is 10.3 Å². The molecule has 2 heterocycles. The summed E-state index contributed by atoms with van der Waals surface area (Å²) in [6, 6.07) is 11.9. The van der Waals surface area contributed by atoms with E-state index in [2.05, 4.69) is 44.5 Å². The summed E-state index contributed by atoms with van der Waals surface area (Å²) in [6.45, 7) is 7.22. The van der Waals surface area contributed by atoms with Crippen molar-refractivity contribution in [1.82, 2.24) is 14.9 Å². The molecule has 3 aromatic rings. The maximum absolute atomic E-state index is 6.06. The molecule has 4 rings (SSSR count). The number of rotatable bonds is 9. The molecule has 1 N–H and O–H groups in total. The summed E-state index contributed by atoms with van der Waals surface area (Å²) in [4.78, 5) is 11.1. The number of nitrogens with one attached hydrogen (secondary N) is 1. The molecule has 0 bridgehead atoms. The van der Waals surface area contributed by atoms with E-state index in [1.165, 1.54) is 11.9 Å². The van der Waals surface area contributed by atoms with E-state index in [-0.39, 0.29) is 0 Å². The summed E-state index contributed by atoms with van der Waals surface area (Å²) >= 11 is 0. The molecule has 1 aliphatic rings. The van der Waals surface area contributed by atoms with Crippen LogP contribution in [-0.2, 0) is 4.74 Å². The molecule has 0 saturated carbocycles. The Kier molecular flexibility index (Phi) is 7.47. The number of hydrogen-bond donors (Lipinski definition) is 1. The van der Waals surface area contributed by atoms with Crippen molar-refractivity contribution < 1.29 is 14.2 Å². The van der Waals surface area contributed by atoms with Gasteiger partial charge in [0.05, 0.1) is 38.7 Å². The Hall–Kier alpha value is -3.23. The summed E-state index contributed by atoms with van der Waals surface area (Å²) in [5, 5.41) is 5.16. The highest BCUT2D eigenvalue weighted by molar-refractivity contribution is 5.92. The molecule has 8 heteroatoms. The summed E-state index contributed by atoms with van der Waals surface area (Å²) in [5.74, 6) is 1.93. The van der Waals surface area contributed by atoms with Crippen LogP contribution in [0, 0.1) is 6.92 Å². The second-order valence-corrected chi connectivity index (χ2v) is 7.68. The van der Waals surface area contributed by atoms with E-state index in [9.17, 15) is 0 Å². The van der Waals surface area contributed by atoms with E-state index in [0.717, 1.165) is 55.7 Å². The number of hydrogen-bond acceptors (Lipinski definition) is 8. The Bertz CT molecular complexity index is 1050. The minimum absolute atomic E-state index is 0.598. The Morgan fingerprint density at radius 2 is 1.94 bits per heavy atom. The van der Waals surface area contributed by atoms with E-state index in [1.54, 1.807) is 13.3 Å². The first kappa shape index (κ1) is 22.0. The molecule has 0 unspecified atom stereocenters. The van der Waals surface area contributed by atoms with Crippen molar-refractivity contribution in [2.45, 2.75) is 13.3 Å². The third kappa shape index (κ3) is 5.72. The molecule has 8 nitrogen and oxygen atoms in total. The lowest BCUT2D eigenvalue weighted by molar-refractivity contribution is 0.0357. The molecule has 168 valence electrons. The van der Waals surface area contributed by atoms with Crippen molar-refractivity contribution in [3.05, 3.63) is 53.9 Å². The van der Waals surface area contributed by atoms with E-state index in [0.29, 0.717) is 23.9 Å². The molecule has 1 saturated heterocycles. The molecule has 0 radical (unpaired) electrons. The maximum atomic E-state index is 6.06. The predicted molar refractivity (Wildman–Crippen MR) is 126 cm³/mol. The number of aryl methyl sites for hydroxylation is 1. The average Bonchev–Trinajstić information content (AvgIpc) is 2.83. The van der Waals surface area contributed by atoms with Crippen LogP contribution in [-0.4, -0.2) is 67.6 Å². The van der Waals surface area contributed by atoms with Crippen molar-refractivity contribution in [2.24, 2.45) is 5.10 Å². The Morgan fingerprint density at radius 1 is 1.12 bits per heavy atom. The minimum atomic E-state index is 0.598. The zero-order valence-corrected chi connectivity index (χ0v) is 18.6. The van der Waals surface area contributed by atoms with E-state index in [4.69, 9.17) is 14.2 Å². The van der Waals surface area contributed by atoms with E-state index in [1.807, 2.05) is 24.3 Å².